The van der Waals surface area contributed by atoms with Gasteiger partial charge in [-0.25, -0.2) is 0 Å². The summed E-state index contributed by atoms with van der Waals surface area (Å²) >= 11 is 0. The number of benzene rings is 1. The van der Waals surface area contributed by atoms with E-state index in [1.54, 1.807) is 0 Å². The van der Waals surface area contributed by atoms with Gasteiger partial charge in [0.1, 0.15) is 0 Å². The zero-order valence-electron chi connectivity index (χ0n) is 12.1. The van der Waals surface area contributed by atoms with Crippen LogP contribution in [0.1, 0.15) is 36.7 Å². The Hall–Kier alpha value is -1.61. The van der Waals surface area contributed by atoms with Crippen LogP contribution in [0.5, 0.6) is 0 Å². The molecule has 0 aliphatic heterocycles. The highest BCUT2D eigenvalue weighted by Crippen LogP contribution is 2.20. The van der Waals surface area contributed by atoms with Crippen LogP contribution in [-0.2, 0) is 13.0 Å². The molecule has 1 N–H and O–H groups in total. The molecule has 0 fully saturated rings. The van der Waals surface area contributed by atoms with Gasteiger partial charge in [0.2, 0.25) is 0 Å². The van der Waals surface area contributed by atoms with E-state index in [1.807, 2.05) is 6.20 Å². The Labute approximate surface area is 115 Å². The maximum absolute atomic E-state index is 4.38. The van der Waals surface area contributed by atoms with E-state index in [-0.39, 0.29) is 0 Å². The van der Waals surface area contributed by atoms with Gasteiger partial charge in [0, 0.05) is 12.7 Å². The molecular formula is C16H23N3. The summed E-state index contributed by atoms with van der Waals surface area (Å²) in [5.41, 5.74) is 4.03. The highest BCUT2D eigenvalue weighted by atomic mass is 15.3. The monoisotopic (exact) mass is 257 g/mol. The van der Waals surface area contributed by atoms with Crippen LogP contribution in [0.15, 0.2) is 36.5 Å². The number of aryl methyl sites for hydroxylation is 2. The molecule has 0 saturated heterocycles. The normalized spacial score (nSPS) is 12.6. The standard InChI is InChI=1S/C16H23N3/c1-4-17-15(16-10-11-18-19(16)5-2)12-14-9-7-6-8-13(14)3/h6-11,15,17H,4-5,12H2,1-3H3. The molecule has 2 rings (SSSR count). The van der Waals surface area contributed by atoms with Crippen molar-refractivity contribution in [2.24, 2.45) is 0 Å². The van der Waals surface area contributed by atoms with Crippen LogP contribution >= 0.6 is 0 Å². The molecule has 1 atom stereocenters. The van der Waals surface area contributed by atoms with E-state index in [0.29, 0.717) is 6.04 Å². The number of likely N-dealkylation sites (N-methyl/N-ethyl adjacent to an activating group) is 1. The van der Waals surface area contributed by atoms with Gasteiger partial charge in [-0.3, -0.25) is 4.68 Å². The predicted octanol–water partition coefficient (Wildman–Crippen LogP) is 3.10. The van der Waals surface area contributed by atoms with Gasteiger partial charge in [-0.2, -0.15) is 5.10 Å². The van der Waals surface area contributed by atoms with Crippen LogP contribution in [-0.4, -0.2) is 16.3 Å². The Bertz CT molecular complexity index is 516. The highest BCUT2D eigenvalue weighted by Gasteiger charge is 2.16. The van der Waals surface area contributed by atoms with Crippen LogP contribution < -0.4 is 5.32 Å². The number of nitrogens with one attached hydrogen (secondary N) is 1. The minimum atomic E-state index is 0.327. The molecule has 1 aromatic carbocycles. The number of hydrogen-bond donors (Lipinski definition) is 1. The third kappa shape index (κ3) is 3.24. The average Bonchev–Trinajstić information content (AvgIpc) is 2.89. The quantitative estimate of drug-likeness (QED) is 0.861. The van der Waals surface area contributed by atoms with Gasteiger partial charge in [-0.05, 0) is 44.0 Å². The molecule has 1 aromatic heterocycles. The summed E-state index contributed by atoms with van der Waals surface area (Å²) in [5.74, 6) is 0. The van der Waals surface area contributed by atoms with Crippen LogP contribution in [0.4, 0.5) is 0 Å². The molecular weight excluding hydrogens is 234 g/mol. The number of aromatic nitrogens is 2. The zero-order chi connectivity index (χ0) is 13.7. The molecule has 0 aliphatic rings. The van der Waals surface area contributed by atoms with Crippen molar-refractivity contribution in [1.29, 1.82) is 0 Å². The van der Waals surface area contributed by atoms with Crippen LogP contribution in [0.2, 0.25) is 0 Å². The van der Waals surface area contributed by atoms with Crippen LogP contribution in [0.3, 0.4) is 0 Å². The summed E-state index contributed by atoms with van der Waals surface area (Å²) in [6.45, 7) is 8.34. The summed E-state index contributed by atoms with van der Waals surface area (Å²) in [7, 11) is 0. The van der Waals surface area contributed by atoms with Crippen molar-refractivity contribution in [3.8, 4) is 0 Å². The molecule has 0 spiro atoms. The van der Waals surface area contributed by atoms with Gasteiger partial charge >= 0.3 is 0 Å². The summed E-state index contributed by atoms with van der Waals surface area (Å²) in [4.78, 5) is 0. The average molecular weight is 257 g/mol. The van der Waals surface area contributed by atoms with Gasteiger partial charge in [0.25, 0.3) is 0 Å². The second-order valence-electron chi connectivity index (χ2n) is 4.81. The third-order valence-corrected chi connectivity index (χ3v) is 3.54. The molecule has 2 aromatic rings. The van der Waals surface area contributed by atoms with Gasteiger partial charge < -0.3 is 5.32 Å². The minimum absolute atomic E-state index is 0.327. The minimum Gasteiger partial charge on any atom is -0.309 e. The molecule has 0 bridgehead atoms. The second kappa shape index (κ2) is 6.53. The van der Waals surface area contributed by atoms with Crippen molar-refractivity contribution >= 4 is 0 Å². The van der Waals surface area contributed by atoms with Gasteiger partial charge in [-0.15, -0.1) is 0 Å². The fourth-order valence-corrected chi connectivity index (χ4v) is 2.49. The van der Waals surface area contributed by atoms with E-state index in [0.717, 1.165) is 19.5 Å². The van der Waals surface area contributed by atoms with E-state index in [2.05, 4.69) is 66.2 Å². The second-order valence-corrected chi connectivity index (χ2v) is 4.81. The Morgan fingerprint density at radius 1 is 1.21 bits per heavy atom. The zero-order valence-corrected chi connectivity index (χ0v) is 12.1. The first kappa shape index (κ1) is 13.8. The van der Waals surface area contributed by atoms with E-state index < -0.39 is 0 Å². The first-order valence-corrected chi connectivity index (χ1v) is 7.05. The molecule has 0 radical (unpaired) electrons. The molecule has 1 heterocycles. The van der Waals surface area contributed by atoms with E-state index in [9.17, 15) is 0 Å². The Kier molecular flexibility index (Phi) is 4.74. The lowest BCUT2D eigenvalue weighted by molar-refractivity contribution is 0.489. The van der Waals surface area contributed by atoms with Crippen molar-refractivity contribution in [1.82, 2.24) is 15.1 Å². The lowest BCUT2D eigenvalue weighted by Gasteiger charge is -2.20. The van der Waals surface area contributed by atoms with Crippen molar-refractivity contribution < 1.29 is 0 Å². The smallest absolute Gasteiger partial charge is 0.0556 e. The number of nitrogens with zero attached hydrogens (tertiary/aromatic N) is 2. The SMILES string of the molecule is CCNC(Cc1ccccc1C)c1ccnn1CC. The summed E-state index contributed by atoms with van der Waals surface area (Å²) in [6, 6.07) is 11.0. The van der Waals surface area contributed by atoms with Crippen LogP contribution in [0.25, 0.3) is 0 Å². The molecule has 0 saturated carbocycles. The van der Waals surface area contributed by atoms with Gasteiger partial charge in [0.15, 0.2) is 0 Å². The lowest BCUT2D eigenvalue weighted by Crippen LogP contribution is -2.26. The molecule has 0 aliphatic carbocycles. The van der Waals surface area contributed by atoms with E-state index in [1.165, 1.54) is 16.8 Å². The maximum Gasteiger partial charge on any atom is 0.0556 e. The largest absolute Gasteiger partial charge is 0.309 e. The summed E-state index contributed by atoms with van der Waals surface area (Å²) < 4.78 is 2.08. The van der Waals surface area contributed by atoms with Gasteiger partial charge in [-0.1, -0.05) is 31.2 Å². The van der Waals surface area contributed by atoms with Crippen molar-refractivity contribution in [2.45, 2.75) is 39.8 Å². The summed E-state index contributed by atoms with van der Waals surface area (Å²) in [5, 5.41) is 7.95. The predicted molar refractivity (Wildman–Crippen MR) is 79.2 cm³/mol. The summed E-state index contributed by atoms with van der Waals surface area (Å²) in [6.07, 6.45) is 2.90. The van der Waals surface area contributed by atoms with Crippen molar-refractivity contribution in [3.05, 3.63) is 53.3 Å². The molecule has 19 heavy (non-hydrogen) atoms. The Balaban J connectivity index is 2.24. The Morgan fingerprint density at radius 2 is 2.00 bits per heavy atom. The molecule has 3 heteroatoms. The highest BCUT2D eigenvalue weighted by molar-refractivity contribution is 5.27. The molecule has 102 valence electrons. The molecule has 0 amide bonds. The van der Waals surface area contributed by atoms with E-state index in [4.69, 9.17) is 0 Å². The first-order chi connectivity index (χ1) is 9.26. The molecule has 3 nitrogen and oxygen atoms in total. The fourth-order valence-electron chi connectivity index (χ4n) is 2.49. The third-order valence-electron chi connectivity index (χ3n) is 3.54. The maximum atomic E-state index is 4.38. The van der Waals surface area contributed by atoms with Crippen molar-refractivity contribution in [2.75, 3.05) is 6.54 Å². The fraction of sp³-hybridized carbons (Fsp3) is 0.438. The lowest BCUT2D eigenvalue weighted by atomic mass is 9.99. The molecule has 1 unspecified atom stereocenters. The Morgan fingerprint density at radius 3 is 2.68 bits per heavy atom. The first-order valence-electron chi connectivity index (χ1n) is 7.05. The topological polar surface area (TPSA) is 29.9 Å². The van der Waals surface area contributed by atoms with Crippen molar-refractivity contribution in [3.63, 3.8) is 0 Å². The van der Waals surface area contributed by atoms with E-state index >= 15 is 0 Å². The van der Waals surface area contributed by atoms with Crippen LogP contribution in [0, 0.1) is 6.92 Å². The number of rotatable bonds is 6. The van der Waals surface area contributed by atoms with Gasteiger partial charge in [0.05, 0.1) is 11.7 Å². The number of hydrogen-bond acceptors (Lipinski definition) is 2.